The zero-order valence-electron chi connectivity index (χ0n) is 11.0. The van der Waals surface area contributed by atoms with Crippen LogP contribution in [0.3, 0.4) is 0 Å². The summed E-state index contributed by atoms with van der Waals surface area (Å²) in [4.78, 5) is 14.0. The average Bonchev–Trinajstić information content (AvgIpc) is 2.86. The van der Waals surface area contributed by atoms with Gasteiger partial charge in [-0.2, -0.15) is 13.2 Å². The molecule has 1 aliphatic carbocycles. The van der Waals surface area contributed by atoms with E-state index in [-0.39, 0.29) is 24.7 Å². The van der Waals surface area contributed by atoms with Crippen LogP contribution in [0.15, 0.2) is 0 Å². The largest absolute Gasteiger partial charge is 0.391 e. The Hall–Kier alpha value is -0.780. The minimum atomic E-state index is -4.10. The van der Waals surface area contributed by atoms with E-state index in [0.29, 0.717) is 38.4 Å². The van der Waals surface area contributed by atoms with Gasteiger partial charge in [0.25, 0.3) is 0 Å². The summed E-state index contributed by atoms with van der Waals surface area (Å²) in [6, 6.07) is 0. The maximum atomic E-state index is 12.6. The van der Waals surface area contributed by atoms with Gasteiger partial charge in [-0.3, -0.25) is 4.79 Å². The molecule has 1 heterocycles. The van der Waals surface area contributed by atoms with Gasteiger partial charge in [-0.15, -0.1) is 0 Å². The SMILES string of the molecule is NCC1CCN(C(=O)C2CCC(C(F)(F)F)CC2)C1. The molecule has 0 aromatic rings. The van der Waals surface area contributed by atoms with Crippen LogP contribution in [0.4, 0.5) is 13.2 Å². The summed E-state index contributed by atoms with van der Waals surface area (Å²) < 4.78 is 37.7. The van der Waals surface area contributed by atoms with Crippen LogP contribution in [0.25, 0.3) is 0 Å². The standard InChI is InChI=1S/C13H21F3N2O/c14-13(15,16)11-3-1-10(2-4-11)12(19)18-6-5-9(7-17)8-18/h9-11H,1-8,17H2. The molecule has 0 spiro atoms. The fourth-order valence-electron chi connectivity index (χ4n) is 3.15. The number of halogens is 3. The summed E-state index contributed by atoms with van der Waals surface area (Å²) in [6.45, 7) is 1.96. The third-order valence-electron chi connectivity index (χ3n) is 4.47. The second-order valence-corrected chi connectivity index (χ2v) is 5.76. The number of alkyl halides is 3. The second kappa shape index (κ2) is 5.69. The van der Waals surface area contributed by atoms with Gasteiger partial charge in [0.05, 0.1) is 5.92 Å². The van der Waals surface area contributed by atoms with Gasteiger partial charge in [0, 0.05) is 19.0 Å². The maximum Gasteiger partial charge on any atom is 0.391 e. The van der Waals surface area contributed by atoms with E-state index in [1.807, 2.05) is 0 Å². The lowest BCUT2D eigenvalue weighted by molar-refractivity contribution is -0.185. The molecule has 1 saturated heterocycles. The zero-order chi connectivity index (χ0) is 14.0. The minimum absolute atomic E-state index is 0.0385. The quantitative estimate of drug-likeness (QED) is 0.841. The molecular formula is C13H21F3N2O. The average molecular weight is 278 g/mol. The molecule has 0 aromatic carbocycles. The summed E-state index contributed by atoms with van der Waals surface area (Å²) in [5.74, 6) is -1.03. The summed E-state index contributed by atoms with van der Waals surface area (Å²) in [7, 11) is 0. The molecule has 2 aliphatic rings. The maximum absolute atomic E-state index is 12.6. The van der Waals surface area contributed by atoms with Crippen LogP contribution in [-0.2, 0) is 4.79 Å². The predicted molar refractivity (Wildman–Crippen MR) is 65.2 cm³/mol. The predicted octanol–water partition coefficient (Wildman–Crippen LogP) is 2.16. The van der Waals surface area contributed by atoms with Crippen molar-refractivity contribution in [1.82, 2.24) is 4.90 Å². The van der Waals surface area contributed by atoms with Crippen molar-refractivity contribution in [3.05, 3.63) is 0 Å². The molecule has 1 aliphatic heterocycles. The number of hydrogen-bond acceptors (Lipinski definition) is 2. The summed E-state index contributed by atoms with van der Waals surface area (Å²) in [6.07, 6.45) is -2.27. The van der Waals surface area contributed by atoms with E-state index in [0.717, 1.165) is 6.42 Å². The first kappa shape index (κ1) is 14.6. The Balaban J connectivity index is 1.83. The van der Waals surface area contributed by atoms with Crippen molar-refractivity contribution in [2.75, 3.05) is 19.6 Å². The molecule has 0 aromatic heterocycles. The molecule has 2 N–H and O–H groups in total. The smallest absolute Gasteiger partial charge is 0.342 e. The van der Waals surface area contributed by atoms with E-state index in [1.165, 1.54) is 0 Å². The Morgan fingerprint density at radius 1 is 1.16 bits per heavy atom. The zero-order valence-corrected chi connectivity index (χ0v) is 11.0. The van der Waals surface area contributed by atoms with Crippen LogP contribution in [0.5, 0.6) is 0 Å². The number of hydrogen-bond donors (Lipinski definition) is 1. The van der Waals surface area contributed by atoms with Gasteiger partial charge < -0.3 is 10.6 Å². The van der Waals surface area contributed by atoms with E-state index < -0.39 is 12.1 Å². The van der Waals surface area contributed by atoms with Gasteiger partial charge in [-0.25, -0.2) is 0 Å². The van der Waals surface area contributed by atoms with E-state index in [4.69, 9.17) is 5.73 Å². The van der Waals surface area contributed by atoms with Crippen LogP contribution < -0.4 is 5.73 Å². The van der Waals surface area contributed by atoms with E-state index >= 15 is 0 Å². The van der Waals surface area contributed by atoms with Gasteiger partial charge in [0.1, 0.15) is 0 Å². The number of carbonyl (C=O) groups is 1. The van der Waals surface area contributed by atoms with Crippen LogP contribution >= 0.6 is 0 Å². The number of likely N-dealkylation sites (tertiary alicyclic amines) is 1. The van der Waals surface area contributed by atoms with Gasteiger partial charge >= 0.3 is 6.18 Å². The molecule has 2 rings (SSSR count). The first-order valence-corrected chi connectivity index (χ1v) is 6.97. The van der Waals surface area contributed by atoms with Crippen LogP contribution in [0.2, 0.25) is 0 Å². The molecule has 1 unspecified atom stereocenters. The van der Waals surface area contributed by atoms with E-state index in [2.05, 4.69) is 0 Å². The molecule has 6 heteroatoms. The van der Waals surface area contributed by atoms with Crippen LogP contribution in [-0.4, -0.2) is 36.6 Å². The van der Waals surface area contributed by atoms with E-state index in [1.54, 1.807) is 4.90 Å². The Kier molecular flexibility index (Phi) is 4.38. The molecule has 110 valence electrons. The molecule has 1 amide bonds. The third-order valence-corrected chi connectivity index (χ3v) is 4.47. The number of amides is 1. The second-order valence-electron chi connectivity index (χ2n) is 5.76. The first-order chi connectivity index (χ1) is 8.91. The van der Waals surface area contributed by atoms with Crippen LogP contribution in [0, 0.1) is 17.8 Å². The Bertz CT molecular complexity index is 324. The fraction of sp³-hybridized carbons (Fsp3) is 0.923. The van der Waals surface area contributed by atoms with Crippen molar-refractivity contribution in [2.45, 2.75) is 38.3 Å². The fourth-order valence-corrected chi connectivity index (χ4v) is 3.15. The number of nitrogens with two attached hydrogens (primary N) is 1. The van der Waals surface area contributed by atoms with Gasteiger partial charge in [-0.1, -0.05) is 0 Å². The lowest BCUT2D eigenvalue weighted by Gasteiger charge is -2.31. The minimum Gasteiger partial charge on any atom is -0.342 e. The van der Waals surface area contributed by atoms with Crippen molar-refractivity contribution < 1.29 is 18.0 Å². The highest BCUT2D eigenvalue weighted by atomic mass is 19.4. The highest BCUT2D eigenvalue weighted by molar-refractivity contribution is 5.79. The molecule has 0 bridgehead atoms. The summed E-state index contributed by atoms with van der Waals surface area (Å²) >= 11 is 0. The number of carbonyl (C=O) groups excluding carboxylic acids is 1. The molecule has 3 nitrogen and oxygen atoms in total. The lowest BCUT2D eigenvalue weighted by Crippen LogP contribution is -2.38. The normalized spacial score (nSPS) is 32.6. The van der Waals surface area contributed by atoms with Gasteiger partial charge in [0.15, 0.2) is 0 Å². The topological polar surface area (TPSA) is 46.3 Å². The van der Waals surface area contributed by atoms with Crippen molar-refractivity contribution >= 4 is 5.91 Å². The van der Waals surface area contributed by atoms with Crippen molar-refractivity contribution in [3.63, 3.8) is 0 Å². The lowest BCUT2D eigenvalue weighted by atomic mass is 9.81. The summed E-state index contributed by atoms with van der Waals surface area (Å²) in [5, 5.41) is 0. The van der Waals surface area contributed by atoms with Crippen LogP contribution in [0.1, 0.15) is 32.1 Å². The Morgan fingerprint density at radius 2 is 1.79 bits per heavy atom. The number of nitrogens with zero attached hydrogens (tertiary/aromatic N) is 1. The molecule has 19 heavy (non-hydrogen) atoms. The monoisotopic (exact) mass is 278 g/mol. The highest BCUT2D eigenvalue weighted by Gasteiger charge is 2.43. The molecule has 2 fully saturated rings. The van der Waals surface area contributed by atoms with Crippen molar-refractivity contribution in [2.24, 2.45) is 23.5 Å². The molecule has 0 radical (unpaired) electrons. The van der Waals surface area contributed by atoms with Gasteiger partial charge in [-0.05, 0) is 44.6 Å². The molecule has 1 saturated carbocycles. The number of rotatable bonds is 2. The highest BCUT2D eigenvalue weighted by Crippen LogP contribution is 2.40. The third kappa shape index (κ3) is 3.41. The Morgan fingerprint density at radius 3 is 2.26 bits per heavy atom. The van der Waals surface area contributed by atoms with Crippen molar-refractivity contribution in [3.8, 4) is 0 Å². The molecule has 1 atom stereocenters. The summed E-state index contributed by atoms with van der Waals surface area (Å²) in [5.41, 5.74) is 5.58. The Labute approximate surface area is 111 Å². The van der Waals surface area contributed by atoms with E-state index in [9.17, 15) is 18.0 Å². The van der Waals surface area contributed by atoms with Crippen molar-refractivity contribution in [1.29, 1.82) is 0 Å². The van der Waals surface area contributed by atoms with Gasteiger partial charge in [0.2, 0.25) is 5.91 Å². The first-order valence-electron chi connectivity index (χ1n) is 6.97. The molecular weight excluding hydrogens is 257 g/mol.